The van der Waals surface area contributed by atoms with Crippen LogP contribution in [-0.4, -0.2) is 30.8 Å². The topological polar surface area (TPSA) is 54.0 Å². The Morgan fingerprint density at radius 3 is 2.81 bits per heavy atom. The predicted molar refractivity (Wildman–Crippen MR) is 59.4 cm³/mol. The monoisotopic (exact) mass is 216 g/mol. The van der Waals surface area contributed by atoms with Gasteiger partial charge in [-0.2, -0.15) is 5.10 Å². The summed E-state index contributed by atoms with van der Waals surface area (Å²) in [7, 11) is 0. The van der Waals surface area contributed by atoms with Gasteiger partial charge >= 0.3 is 0 Å². The molecule has 0 bridgehead atoms. The first-order valence-electron chi connectivity index (χ1n) is 5.37. The van der Waals surface area contributed by atoms with Gasteiger partial charge in [-0.15, -0.1) is 0 Å². The van der Waals surface area contributed by atoms with E-state index in [2.05, 4.69) is 10.5 Å². The van der Waals surface area contributed by atoms with Crippen LogP contribution in [0.15, 0.2) is 35.4 Å². The molecule has 0 amide bonds. The third-order valence-corrected chi connectivity index (χ3v) is 2.91. The Morgan fingerprint density at radius 1 is 1.38 bits per heavy atom. The van der Waals surface area contributed by atoms with E-state index in [4.69, 9.17) is 4.74 Å². The van der Waals surface area contributed by atoms with E-state index in [-0.39, 0.29) is 17.8 Å². The van der Waals surface area contributed by atoms with Gasteiger partial charge in [-0.1, -0.05) is 30.3 Å². The molecule has 0 radical (unpaired) electrons. The van der Waals surface area contributed by atoms with Crippen molar-refractivity contribution in [2.45, 2.75) is 12.0 Å². The number of benzene rings is 1. The van der Waals surface area contributed by atoms with Crippen molar-refractivity contribution in [3.05, 3.63) is 35.9 Å². The molecule has 2 atom stereocenters. The highest BCUT2D eigenvalue weighted by Crippen LogP contribution is 2.24. The zero-order valence-electron chi connectivity index (χ0n) is 8.72. The van der Waals surface area contributed by atoms with E-state index in [0.29, 0.717) is 18.9 Å². The van der Waals surface area contributed by atoms with E-state index in [1.165, 1.54) is 0 Å². The molecule has 0 aliphatic carbocycles. The Bertz CT molecular complexity index is 438. The molecule has 2 aliphatic heterocycles. The Balaban J connectivity index is 1.86. The van der Waals surface area contributed by atoms with Gasteiger partial charge in [0.1, 0.15) is 11.8 Å². The normalized spacial score (nSPS) is 27.1. The molecule has 4 nitrogen and oxygen atoms in total. The number of nitrogens with zero attached hydrogens (tertiary/aromatic N) is 1. The fourth-order valence-electron chi connectivity index (χ4n) is 1.95. The molecule has 4 heteroatoms. The summed E-state index contributed by atoms with van der Waals surface area (Å²) in [5.74, 6) is 0.0942. The maximum atomic E-state index is 11.9. The highest BCUT2D eigenvalue weighted by atomic mass is 16.6. The molecule has 0 spiro atoms. The summed E-state index contributed by atoms with van der Waals surface area (Å²) < 4.78 is 5.01. The third kappa shape index (κ3) is 1.61. The zero-order valence-corrected chi connectivity index (χ0v) is 8.72. The Morgan fingerprint density at radius 2 is 2.12 bits per heavy atom. The number of rotatable bonds is 3. The summed E-state index contributed by atoms with van der Waals surface area (Å²) in [6, 6.07) is 9.96. The summed E-state index contributed by atoms with van der Waals surface area (Å²) in [5, 5.41) is 4.09. The molecule has 16 heavy (non-hydrogen) atoms. The number of nitrogens with one attached hydrogen (secondary N) is 1. The molecule has 1 aromatic carbocycles. The Kier molecular flexibility index (Phi) is 2.22. The maximum Gasteiger partial charge on any atom is 0.210 e. The predicted octanol–water partition coefficient (Wildman–Crippen LogP) is 0.697. The van der Waals surface area contributed by atoms with Crippen LogP contribution in [-0.2, 0) is 9.53 Å². The molecule has 1 N–H and O–H groups in total. The lowest BCUT2D eigenvalue weighted by atomic mass is 9.92. The Labute approximate surface area is 93.3 Å². The molecular weight excluding hydrogens is 204 g/mol. The molecular formula is C12H12N2O2. The van der Waals surface area contributed by atoms with Crippen LogP contribution in [0.4, 0.5) is 0 Å². The molecule has 1 fully saturated rings. The van der Waals surface area contributed by atoms with Crippen LogP contribution in [0.1, 0.15) is 11.5 Å². The molecule has 0 unspecified atom stereocenters. The molecule has 82 valence electrons. The molecule has 2 heterocycles. The maximum absolute atomic E-state index is 11.9. The van der Waals surface area contributed by atoms with Crippen molar-refractivity contribution in [1.82, 2.24) is 5.43 Å². The van der Waals surface area contributed by atoms with Gasteiger partial charge in [-0.05, 0) is 5.56 Å². The average Bonchev–Trinajstić information content (AvgIpc) is 3.06. The van der Waals surface area contributed by atoms with E-state index in [1.54, 1.807) is 0 Å². The number of Topliss-reactive ketones (excluding diaryl/α,β-unsaturated/α-hetero) is 1. The minimum atomic E-state index is -0.245. The van der Waals surface area contributed by atoms with Crippen LogP contribution in [0.2, 0.25) is 0 Å². The summed E-state index contributed by atoms with van der Waals surface area (Å²) >= 11 is 0. The second-order valence-corrected chi connectivity index (χ2v) is 4.01. The Hall–Kier alpha value is -1.68. The fraction of sp³-hybridized carbons (Fsp3) is 0.333. The lowest BCUT2D eigenvalue weighted by Gasteiger charge is -2.10. The summed E-state index contributed by atoms with van der Waals surface area (Å²) in [6.45, 7) is 1.23. The second kappa shape index (κ2) is 3.72. The van der Waals surface area contributed by atoms with Crippen LogP contribution in [0.25, 0.3) is 0 Å². The number of ketones is 1. The van der Waals surface area contributed by atoms with Crippen molar-refractivity contribution >= 4 is 11.5 Å². The lowest BCUT2D eigenvalue weighted by molar-refractivity contribution is -0.114. The molecule has 0 aromatic heterocycles. The average molecular weight is 216 g/mol. The number of hydrogen-bond donors (Lipinski definition) is 1. The van der Waals surface area contributed by atoms with E-state index in [0.717, 1.165) is 5.56 Å². The van der Waals surface area contributed by atoms with Crippen LogP contribution < -0.4 is 5.43 Å². The van der Waals surface area contributed by atoms with Gasteiger partial charge in [0.2, 0.25) is 5.78 Å². The molecule has 1 aromatic rings. The van der Waals surface area contributed by atoms with E-state index >= 15 is 0 Å². The van der Waals surface area contributed by atoms with E-state index < -0.39 is 0 Å². The van der Waals surface area contributed by atoms with Gasteiger partial charge in [-0.3, -0.25) is 4.79 Å². The lowest BCUT2D eigenvalue weighted by Crippen LogP contribution is -2.25. The highest BCUT2D eigenvalue weighted by Gasteiger charge is 2.39. The van der Waals surface area contributed by atoms with Gasteiger partial charge < -0.3 is 10.2 Å². The third-order valence-electron chi connectivity index (χ3n) is 2.91. The van der Waals surface area contributed by atoms with Crippen LogP contribution in [0.3, 0.4) is 0 Å². The zero-order chi connectivity index (χ0) is 11.0. The summed E-state index contributed by atoms with van der Waals surface area (Å²) in [4.78, 5) is 11.9. The van der Waals surface area contributed by atoms with Crippen molar-refractivity contribution in [2.75, 3.05) is 13.2 Å². The summed E-state index contributed by atoms with van der Waals surface area (Å²) in [5.41, 5.74) is 4.63. The fourth-order valence-corrected chi connectivity index (χ4v) is 1.95. The SMILES string of the molecule is O=C(C1=NNC[C@H]1c1ccccc1)[C@H]1CO1. The number of ether oxygens (including phenoxy) is 1. The van der Waals surface area contributed by atoms with Crippen molar-refractivity contribution in [3.8, 4) is 0 Å². The van der Waals surface area contributed by atoms with Gasteiger partial charge in [0.25, 0.3) is 0 Å². The van der Waals surface area contributed by atoms with Crippen molar-refractivity contribution in [2.24, 2.45) is 5.10 Å². The van der Waals surface area contributed by atoms with Gasteiger partial charge in [0, 0.05) is 6.54 Å². The quantitative estimate of drug-likeness (QED) is 0.756. The second-order valence-electron chi connectivity index (χ2n) is 4.01. The minimum Gasteiger partial charge on any atom is -0.364 e. The highest BCUT2D eigenvalue weighted by molar-refractivity contribution is 6.44. The van der Waals surface area contributed by atoms with Gasteiger partial charge in [0.15, 0.2) is 0 Å². The minimum absolute atomic E-state index is 0.0267. The van der Waals surface area contributed by atoms with Crippen LogP contribution >= 0.6 is 0 Å². The standard InChI is InChI=1S/C12H12N2O2/c15-12(10-7-16-10)11-9(6-13-14-11)8-4-2-1-3-5-8/h1-5,9-10,13H,6-7H2/t9-,10+/m0/s1. The largest absolute Gasteiger partial charge is 0.364 e. The van der Waals surface area contributed by atoms with Crippen LogP contribution in [0.5, 0.6) is 0 Å². The van der Waals surface area contributed by atoms with E-state index in [9.17, 15) is 4.79 Å². The first-order chi connectivity index (χ1) is 7.86. The van der Waals surface area contributed by atoms with Gasteiger partial charge in [0.05, 0.1) is 12.5 Å². The summed E-state index contributed by atoms with van der Waals surface area (Å²) in [6.07, 6.45) is -0.245. The van der Waals surface area contributed by atoms with Crippen molar-refractivity contribution in [3.63, 3.8) is 0 Å². The number of epoxide rings is 1. The first kappa shape index (κ1) is 9.54. The smallest absolute Gasteiger partial charge is 0.210 e. The molecule has 3 rings (SSSR count). The van der Waals surface area contributed by atoms with Crippen molar-refractivity contribution < 1.29 is 9.53 Å². The molecule has 1 saturated heterocycles. The van der Waals surface area contributed by atoms with Crippen molar-refractivity contribution in [1.29, 1.82) is 0 Å². The van der Waals surface area contributed by atoms with Gasteiger partial charge in [-0.25, -0.2) is 0 Å². The number of hydrazone groups is 1. The van der Waals surface area contributed by atoms with E-state index in [1.807, 2.05) is 30.3 Å². The molecule has 0 saturated carbocycles. The molecule has 2 aliphatic rings. The number of carbonyl (C=O) groups is 1. The number of hydrogen-bond acceptors (Lipinski definition) is 4. The first-order valence-corrected chi connectivity index (χ1v) is 5.37. The number of carbonyl (C=O) groups excluding carboxylic acids is 1. The van der Waals surface area contributed by atoms with Crippen LogP contribution in [0, 0.1) is 0 Å².